The molecule has 6 rings (SSSR count). The Morgan fingerprint density at radius 1 is 1.09 bits per heavy atom. The van der Waals surface area contributed by atoms with Crippen LogP contribution in [0.15, 0.2) is 42.5 Å². The molecule has 2 aromatic rings. The number of sulfonamides is 1. The maximum absolute atomic E-state index is 16.0. The minimum atomic E-state index is -3.38. The Morgan fingerprint density at radius 2 is 1.73 bits per heavy atom. The van der Waals surface area contributed by atoms with Crippen molar-refractivity contribution in [2.75, 3.05) is 12.8 Å². The first-order valence-electron chi connectivity index (χ1n) is 11.0. The predicted molar refractivity (Wildman–Crippen MR) is 117 cm³/mol. The number of hydrogen-bond donors (Lipinski definition) is 1. The number of carbonyl (C=O) groups is 1. The molecular formula is C24H25F3N2O3S. The molecule has 2 aliphatic carbocycles. The Balaban J connectivity index is 1.38. The SMILES string of the molecule is C[C@@H](NS(C)(=O)=O)C12CC(C1)N(C(=O)[C@@H]1C[C@@]1(F)c1ccccc1-c1c(F)cccc1F)C2. The van der Waals surface area contributed by atoms with E-state index in [0.29, 0.717) is 19.4 Å². The van der Waals surface area contributed by atoms with Crippen molar-refractivity contribution in [1.29, 1.82) is 0 Å². The lowest BCUT2D eigenvalue weighted by molar-refractivity contribution is -0.133. The first kappa shape index (κ1) is 22.4. The van der Waals surface area contributed by atoms with E-state index in [2.05, 4.69) is 4.72 Å². The third-order valence-electron chi connectivity index (χ3n) is 7.60. The third-order valence-corrected chi connectivity index (χ3v) is 8.38. The summed E-state index contributed by atoms with van der Waals surface area (Å²) in [5, 5.41) is 0. The molecule has 5 nitrogen and oxygen atoms in total. The van der Waals surface area contributed by atoms with Gasteiger partial charge >= 0.3 is 0 Å². The lowest BCUT2D eigenvalue weighted by Crippen LogP contribution is -2.50. The van der Waals surface area contributed by atoms with Gasteiger partial charge in [-0.05, 0) is 43.0 Å². The summed E-state index contributed by atoms with van der Waals surface area (Å²) in [4.78, 5) is 14.9. The van der Waals surface area contributed by atoms with E-state index in [1.54, 1.807) is 24.0 Å². The van der Waals surface area contributed by atoms with Crippen LogP contribution in [0.25, 0.3) is 11.1 Å². The highest BCUT2D eigenvalue weighted by Gasteiger charge is 2.67. The van der Waals surface area contributed by atoms with Crippen LogP contribution in [0.5, 0.6) is 0 Å². The molecule has 0 aromatic heterocycles. The van der Waals surface area contributed by atoms with E-state index in [-0.39, 0.29) is 46.5 Å². The Labute approximate surface area is 191 Å². The molecule has 2 aliphatic heterocycles. The van der Waals surface area contributed by atoms with Crippen LogP contribution in [-0.4, -0.2) is 44.1 Å². The molecular weight excluding hydrogens is 453 g/mol. The van der Waals surface area contributed by atoms with Crippen molar-refractivity contribution in [2.45, 2.75) is 43.9 Å². The minimum Gasteiger partial charge on any atom is -0.339 e. The Morgan fingerprint density at radius 3 is 2.36 bits per heavy atom. The summed E-state index contributed by atoms with van der Waals surface area (Å²) in [5.41, 5.74) is -2.42. The molecule has 4 fully saturated rings. The van der Waals surface area contributed by atoms with Crippen LogP contribution in [0.2, 0.25) is 0 Å². The first-order valence-corrected chi connectivity index (χ1v) is 12.8. The van der Waals surface area contributed by atoms with Gasteiger partial charge in [0.25, 0.3) is 0 Å². The second-order valence-corrected chi connectivity index (χ2v) is 11.5. The average molecular weight is 479 g/mol. The van der Waals surface area contributed by atoms with Crippen LogP contribution in [0.4, 0.5) is 13.2 Å². The zero-order valence-corrected chi connectivity index (χ0v) is 19.1. The monoisotopic (exact) mass is 478 g/mol. The Kier molecular flexibility index (Phi) is 4.96. The lowest BCUT2D eigenvalue weighted by Gasteiger charge is -2.41. The number of nitrogens with zero attached hydrogens (tertiary/aromatic N) is 1. The molecule has 2 aromatic carbocycles. The van der Waals surface area contributed by atoms with E-state index >= 15 is 4.39 Å². The summed E-state index contributed by atoms with van der Waals surface area (Å²) in [6.07, 6.45) is 2.40. The second-order valence-electron chi connectivity index (χ2n) is 9.76. The van der Waals surface area contributed by atoms with E-state index < -0.39 is 33.2 Å². The van der Waals surface area contributed by atoms with Gasteiger partial charge < -0.3 is 4.90 Å². The summed E-state index contributed by atoms with van der Waals surface area (Å²) in [6.45, 7) is 2.16. The number of fused-ring (bicyclic) bond motifs is 1. The fraction of sp³-hybridized carbons (Fsp3) is 0.458. The van der Waals surface area contributed by atoms with Gasteiger partial charge in [-0.1, -0.05) is 30.3 Å². The molecule has 4 aliphatic rings. The van der Waals surface area contributed by atoms with Crippen molar-refractivity contribution >= 4 is 15.9 Å². The number of hydrogen-bond acceptors (Lipinski definition) is 3. The van der Waals surface area contributed by atoms with Crippen molar-refractivity contribution in [1.82, 2.24) is 9.62 Å². The van der Waals surface area contributed by atoms with Gasteiger partial charge in [0.2, 0.25) is 15.9 Å². The number of amides is 1. The number of alkyl halides is 1. The largest absolute Gasteiger partial charge is 0.339 e. The lowest BCUT2D eigenvalue weighted by atomic mass is 9.66. The van der Waals surface area contributed by atoms with Gasteiger partial charge in [-0.2, -0.15) is 0 Å². The molecule has 0 unspecified atom stereocenters. The summed E-state index contributed by atoms with van der Waals surface area (Å²) in [7, 11) is -3.38. The zero-order valence-electron chi connectivity index (χ0n) is 18.3. The van der Waals surface area contributed by atoms with E-state index in [4.69, 9.17) is 0 Å². The van der Waals surface area contributed by atoms with E-state index in [0.717, 1.165) is 18.4 Å². The maximum atomic E-state index is 16.0. The summed E-state index contributed by atoms with van der Waals surface area (Å²) in [5.74, 6) is -2.83. The first-order chi connectivity index (χ1) is 15.5. The molecule has 2 saturated carbocycles. The van der Waals surface area contributed by atoms with E-state index in [1.165, 1.54) is 18.2 Å². The van der Waals surface area contributed by atoms with Gasteiger partial charge in [0, 0.05) is 30.5 Å². The van der Waals surface area contributed by atoms with Crippen LogP contribution < -0.4 is 4.72 Å². The predicted octanol–water partition coefficient (Wildman–Crippen LogP) is 3.75. The molecule has 2 heterocycles. The topological polar surface area (TPSA) is 66.5 Å². The van der Waals surface area contributed by atoms with Crippen LogP contribution >= 0.6 is 0 Å². The number of carbonyl (C=O) groups excluding carboxylic acids is 1. The molecule has 1 amide bonds. The van der Waals surface area contributed by atoms with Crippen molar-refractivity contribution in [3.05, 3.63) is 59.7 Å². The molecule has 1 N–H and O–H groups in total. The van der Waals surface area contributed by atoms with Crippen LogP contribution in [0.3, 0.4) is 0 Å². The molecule has 3 atom stereocenters. The summed E-state index contributed by atoms with van der Waals surface area (Å²) >= 11 is 0. The molecule has 0 radical (unpaired) electrons. The fourth-order valence-electron chi connectivity index (χ4n) is 5.73. The van der Waals surface area contributed by atoms with Gasteiger partial charge in [0.05, 0.1) is 17.7 Å². The third kappa shape index (κ3) is 3.56. The van der Waals surface area contributed by atoms with E-state index in [9.17, 15) is 22.0 Å². The standard InChI is InChI=1S/C24H25F3N2O3S/c1-14(28-33(2,31)32)23-10-15(11-23)29(13-23)22(30)18-12-24(18,27)17-7-4-3-6-16(17)21-19(25)8-5-9-20(21)26/h3-9,14-15,18,28H,10-13H2,1-2H3/t14-,15?,18+,23?,24-/m1/s1. The zero-order chi connectivity index (χ0) is 23.8. The van der Waals surface area contributed by atoms with Crippen molar-refractivity contribution in [3.8, 4) is 11.1 Å². The maximum Gasteiger partial charge on any atom is 0.229 e. The average Bonchev–Trinajstić information content (AvgIpc) is 3.07. The van der Waals surface area contributed by atoms with Crippen LogP contribution in [-0.2, 0) is 20.5 Å². The highest BCUT2D eigenvalue weighted by molar-refractivity contribution is 7.88. The van der Waals surface area contributed by atoms with Gasteiger partial charge in [-0.3, -0.25) is 4.79 Å². The number of nitrogens with one attached hydrogen (secondary N) is 1. The smallest absolute Gasteiger partial charge is 0.229 e. The van der Waals surface area contributed by atoms with Crippen molar-refractivity contribution in [2.24, 2.45) is 11.3 Å². The normalized spacial score (nSPS) is 31.2. The second kappa shape index (κ2) is 7.30. The molecule has 176 valence electrons. The number of halogens is 3. The summed E-state index contributed by atoms with van der Waals surface area (Å²) < 4.78 is 70.8. The molecule has 9 heteroatoms. The summed E-state index contributed by atoms with van der Waals surface area (Å²) in [6, 6.07) is 9.26. The minimum absolute atomic E-state index is 0.0367. The quantitative estimate of drug-likeness (QED) is 0.688. The van der Waals surface area contributed by atoms with Crippen molar-refractivity contribution < 1.29 is 26.4 Å². The fourth-order valence-corrected chi connectivity index (χ4v) is 6.62. The van der Waals surface area contributed by atoms with Gasteiger partial charge in [-0.25, -0.2) is 26.3 Å². The highest BCUT2D eigenvalue weighted by atomic mass is 32.2. The van der Waals surface area contributed by atoms with Gasteiger partial charge in [0.1, 0.15) is 17.3 Å². The number of rotatable bonds is 6. The number of benzene rings is 2. The Hall–Kier alpha value is -2.39. The molecule has 33 heavy (non-hydrogen) atoms. The van der Waals surface area contributed by atoms with Crippen molar-refractivity contribution in [3.63, 3.8) is 0 Å². The van der Waals surface area contributed by atoms with E-state index in [1.807, 2.05) is 0 Å². The van der Waals surface area contributed by atoms with Gasteiger partial charge in [-0.15, -0.1) is 0 Å². The van der Waals surface area contributed by atoms with Crippen LogP contribution in [0, 0.1) is 23.0 Å². The molecule has 2 bridgehead atoms. The Bertz CT molecular complexity index is 1230. The molecule has 0 spiro atoms. The van der Waals surface area contributed by atoms with Crippen LogP contribution in [0.1, 0.15) is 31.7 Å². The molecule has 2 saturated heterocycles. The van der Waals surface area contributed by atoms with Gasteiger partial charge in [0.15, 0.2) is 0 Å². The highest BCUT2D eigenvalue weighted by Crippen LogP contribution is 2.61.